The third-order valence-corrected chi connectivity index (χ3v) is 4.48. The van der Waals surface area contributed by atoms with E-state index < -0.39 is 6.04 Å². The topological polar surface area (TPSA) is 49.6 Å². The van der Waals surface area contributed by atoms with Crippen LogP contribution in [0.4, 0.5) is 0 Å². The van der Waals surface area contributed by atoms with Crippen LogP contribution in [0.2, 0.25) is 0 Å². The molecule has 3 atom stereocenters. The molecule has 116 valence electrons. The van der Waals surface area contributed by atoms with Gasteiger partial charge in [0.2, 0.25) is 5.91 Å². The van der Waals surface area contributed by atoms with Gasteiger partial charge in [-0.05, 0) is 32.8 Å². The number of hydrogen-bond acceptors (Lipinski definition) is 3. The molecule has 2 rings (SSSR count). The van der Waals surface area contributed by atoms with Gasteiger partial charge in [-0.3, -0.25) is 9.69 Å². The quantitative estimate of drug-likeness (QED) is 0.902. The van der Waals surface area contributed by atoms with Crippen LogP contribution >= 0.6 is 0 Å². The predicted molar refractivity (Wildman–Crippen MR) is 85.9 cm³/mol. The van der Waals surface area contributed by atoms with Crippen LogP contribution in [0.25, 0.3) is 0 Å². The van der Waals surface area contributed by atoms with Crippen molar-refractivity contribution in [1.29, 1.82) is 0 Å². The fraction of sp³-hybridized carbons (Fsp3) is 0.588. The number of carbonyl (C=O) groups excluding carboxylic acids is 1. The Morgan fingerprint density at radius 1 is 1.38 bits per heavy atom. The maximum atomic E-state index is 12.2. The highest BCUT2D eigenvalue weighted by atomic mass is 16.2. The van der Waals surface area contributed by atoms with Crippen molar-refractivity contribution < 1.29 is 4.79 Å². The Bertz CT molecular complexity index is 460. The van der Waals surface area contributed by atoms with Gasteiger partial charge < -0.3 is 10.6 Å². The molecule has 1 aliphatic rings. The first kappa shape index (κ1) is 16.0. The molecule has 0 aromatic heterocycles. The van der Waals surface area contributed by atoms with Gasteiger partial charge in [0.05, 0.1) is 6.04 Å². The van der Waals surface area contributed by atoms with Gasteiger partial charge in [0.1, 0.15) is 0 Å². The second-order valence-corrected chi connectivity index (χ2v) is 5.94. The number of amides is 1. The summed E-state index contributed by atoms with van der Waals surface area (Å²) in [4.78, 5) is 16.6. The highest BCUT2D eigenvalue weighted by Gasteiger charge is 2.32. The normalized spacial score (nSPS) is 22.0. The minimum Gasteiger partial charge on any atom is -0.337 e. The highest BCUT2D eigenvalue weighted by molar-refractivity contribution is 5.81. The van der Waals surface area contributed by atoms with E-state index in [4.69, 9.17) is 5.73 Å². The summed E-state index contributed by atoms with van der Waals surface area (Å²) in [7, 11) is 0. The van der Waals surface area contributed by atoms with Crippen molar-refractivity contribution in [3.8, 4) is 0 Å². The van der Waals surface area contributed by atoms with Crippen LogP contribution in [-0.2, 0) is 4.79 Å². The fourth-order valence-electron chi connectivity index (χ4n) is 3.17. The van der Waals surface area contributed by atoms with E-state index in [9.17, 15) is 4.79 Å². The lowest BCUT2D eigenvalue weighted by Gasteiger charge is -2.30. The molecule has 0 spiro atoms. The molecule has 1 aromatic rings. The number of rotatable bonds is 5. The van der Waals surface area contributed by atoms with E-state index in [-0.39, 0.29) is 5.91 Å². The number of carbonyl (C=O) groups is 1. The molecule has 0 aliphatic carbocycles. The van der Waals surface area contributed by atoms with Crippen LogP contribution in [0, 0.1) is 0 Å². The largest absolute Gasteiger partial charge is 0.337 e. The van der Waals surface area contributed by atoms with Crippen molar-refractivity contribution >= 4 is 5.91 Å². The minimum atomic E-state index is -0.412. The third kappa shape index (κ3) is 3.63. The van der Waals surface area contributed by atoms with Crippen LogP contribution in [0.1, 0.15) is 38.8 Å². The summed E-state index contributed by atoms with van der Waals surface area (Å²) in [6, 6.07) is 10.8. The molecule has 1 heterocycles. The van der Waals surface area contributed by atoms with E-state index in [1.54, 1.807) is 6.92 Å². The number of nitrogens with two attached hydrogens (primary N) is 1. The van der Waals surface area contributed by atoms with Crippen LogP contribution in [0.15, 0.2) is 30.3 Å². The molecule has 21 heavy (non-hydrogen) atoms. The maximum Gasteiger partial charge on any atom is 0.239 e. The molecule has 1 saturated heterocycles. The van der Waals surface area contributed by atoms with Gasteiger partial charge in [0, 0.05) is 31.7 Å². The zero-order chi connectivity index (χ0) is 15.4. The van der Waals surface area contributed by atoms with E-state index >= 15 is 0 Å². The third-order valence-electron chi connectivity index (χ3n) is 4.48. The molecule has 0 bridgehead atoms. The van der Waals surface area contributed by atoms with Gasteiger partial charge in [0.25, 0.3) is 0 Å². The summed E-state index contributed by atoms with van der Waals surface area (Å²) in [5, 5.41) is 0. The van der Waals surface area contributed by atoms with Crippen molar-refractivity contribution in [1.82, 2.24) is 9.80 Å². The Hall–Kier alpha value is -1.39. The Kier molecular flexibility index (Phi) is 5.37. The van der Waals surface area contributed by atoms with Crippen molar-refractivity contribution in [2.45, 2.75) is 45.3 Å². The van der Waals surface area contributed by atoms with Crippen LogP contribution in [0.5, 0.6) is 0 Å². The predicted octanol–water partition coefficient (Wildman–Crippen LogP) is 2.02. The highest BCUT2D eigenvalue weighted by Crippen LogP contribution is 2.26. The lowest BCUT2D eigenvalue weighted by Crippen LogP contribution is -2.48. The second kappa shape index (κ2) is 7.05. The minimum absolute atomic E-state index is 0.0664. The van der Waals surface area contributed by atoms with E-state index in [0.717, 1.165) is 26.1 Å². The summed E-state index contributed by atoms with van der Waals surface area (Å²) in [5.41, 5.74) is 7.09. The average molecular weight is 289 g/mol. The van der Waals surface area contributed by atoms with Crippen molar-refractivity contribution in [2.75, 3.05) is 19.6 Å². The summed E-state index contributed by atoms with van der Waals surface area (Å²) < 4.78 is 0. The van der Waals surface area contributed by atoms with Gasteiger partial charge in [-0.2, -0.15) is 0 Å². The molecular weight excluding hydrogens is 262 g/mol. The second-order valence-electron chi connectivity index (χ2n) is 5.94. The van der Waals surface area contributed by atoms with E-state index in [1.807, 2.05) is 17.9 Å². The molecule has 2 N–H and O–H groups in total. The Balaban J connectivity index is 2.01. The molecule has 0 saturated carbocycles. The molecule has 4 nitrogen and oxygen atoms in total. The van der Waals surface area contributed by atoms with Crippen molar-refractivity contribution in [3.63, 3.8) is 0 Å². The average Bonchev–Trinajstić information content (AvgIpc) is 2.97. The van der Waals surface area contributed by atoms with Crippen molar-refractivity contribution in [3.05, 3.63) is 35.9 Å². The number of likely N-dealkylation sites (tertiary alicyclic amines) is 1. The van der Waals surface area contributed by atoms with Gasteiger partial charge in [-0.15, -0.1) is 0 Å². The van der Waals surface area contributed by atoms with Gasteiger partial charge in [-0.25, -0.2) is 0 Å². The molecular formula is C17H27N3O. The van der Waals surface area contributed by atoms with Gasteiger partial charge in [-0.1, -0.05) is 30.3 Å². The molecule has 1 aliphatic heterocycles. The van der Waals surface area contributed by atoms with E-state index in [2.05, 4.69) is 36.1 Å². The summed E-state index contributed by atoms with van der Waals surface area (Å²) in [6.45, 7) is 8.74. The van der Waals surface area contributed by atoms with Crippen LogP contribution in [0.3, 0.4) is 0 Å². The lowest BCUT2D eigenvalue weighted by molar-refractivity contribution is -0.134. The maximum absolute atomic E-state index is 12.2. The lowest BCUT2D eigenvalue weighted by atomic mass is 10.1. The molecule has 4 heteroatoms. The summed E-state index contributed by atoms with van der Waals surface area (Å²) in [6.07, 6.45) is 1.03. The fourth-order valence-corrected chi connectivity index (χ4v) is 3.17. The number of hydrogen-bond donors (Lipinski definition) is 1. The summed E-state index contributed by atoms with van der Waals surface area (Å²) >= 11 is 0. The number of nitrogens with zero attached hydrogens (tertiary/aromatic N) is 2. The molecule has 1 fully saturated rings. The Morgan fingerprint density at radius 3 is 2.62 bits per heavy atom. The van der Waals surface area contributed by atoms with Gasteiger partial charge in [0.15, 0.2) is 0 Å². The Morgan fingerprint density at radius 2 is 2.05 bits per heavy atom. The smallest absolute Gasteiger partial charge is 0.239 e. The van der Waals surface area contributed by atoms with Crippen molar-refractivity contribution in [2.24, 2.45) is 5.73 Å². The van der Waals surface area contributed by atoms with Crippen LogP contribution in [-0.4, -0.2) is 47.4 Å². The zero-order valence-corrected chi connectivity index (χ0v) is 13.3. The van der Waals surface area contributed by atoms with Crippen LogP contribution < -0.4 is 5.73 Å². The van der Waals surface area contributed by atoms with E-state index in [1.165, 1.54) is 5.56 Å². The number of likely N-dealkylation sites (N-methyl/N-ethyl adjacent to an activating group) is 1. The molecule has 2 unspecified atom stereocenters. The first-order chi connectivity index (χ1) is 10.0. The van der Waals surface area contributed by atoms with E-state index in [0.29, 0.717) is 12.1 Å². The standard InChI is InChI=1S/C17H27N3O/c1-4-20(17(21)13(2)18)16-10-11-19(12-16)14(3)15-8-6-5-7-9-15/h5-9,13-14,16H,4,10-12,18H2,1-3H3/t13-,14?,16?/m1/s1. The first-order valence-electron chi connectivity index (χ1n) is 7.89. The number of benzene rings is 1. The summed E-state index contributed by atoms with van der Waals surface area (Å²) in [5.74, 6) is 0.0664. The zero-order valence-electron chi connectivity index (χ0n) is 13.3. The van der Waals surface area contributed by atoms with Gasteiger partial charge >= 0.3 is 0 Å². The molecule has 1 aromatic carbocycles. The first-order valence-corrected chi connectivity index (χ1v) is 7.89. The SMILES string of the molecule is CCN(C(=O)[C@@H](C)N)C1CCN(C(C)c2ccccc2)C1. The molecule has 0 radical (unpaired) electrons. The monoisotopic (exact) mass is 289 g/mol. The Labute approximate surface area is 127 Å². The molecule has 1 amide bonds.